The Balaban J connectivity index is 1.52. The predicted octanol–water partition coefficient (Wildman–Crippen LogP) is 4.36. The summed E-state index contributed by atoms with van der Waals surface area (Å²) in [6.07, 6.45) is 3.06. The molecule has 1 fully saturated rings. The number of carbonyl (C=O) groups excluding carboxylic acids is 2. The second kappa shape index (κ2) is 7.18. The number of hydrogen-bond donors (Lipinski definition) is 1. The fraction of sp³-hybridized carbons (Fsp3) is 0.391. The van der Waals surface area contributed by atoms with Crippen LogP contribution in [-0.2, 0) is 16.0 Å². The van der Waals surface area contributed by atoms with E-state index in [-0.39, 0.29) is 23.7 Å². The van der Waals surface area contributed by atoms with Crippen LogP contribution >= 0.6 is 0 Å². The molecule has 140 valence electrons. The normalized spacial score (nSPS) is 16.9. The van der Waals surface area contributed by atoms with E-state index in [1.165, 1.54) is 0 Å². The molecule has 4 rings (SSSR count). The van der Waals surface area contributed by atoms with Gasteiger partial charge in [-0.25, -0.2) is 0 Å². The minimum Gasteiger partial charge on any atom is -0.326 e. The van der Waals surface area contributed by atoms with Crippen LogP contribution in [0.5, 0.6) is 0 Å². The molecule has 1 N–H and O–H groups in total. The molecule has 1 heterocycles. The number of carbonyl (C=O) groups is 2. The Kier molecular flexibility index (Phi) is 4.73. The summed E-state index contributed by atoms with van der Waals surface area (Å²) in [5.41, 5.74) is 4.02. The molecule has 0 spiro atoms. The Labute approximate surface area is 160 Å². The number of hydrogen-bond acceptors (Lipinski definition) is 2. The molecular weight excluding hydrogens is 336 g/mol. The average molecular weight is 362 g/mol. The molecule has 1 aliphatic heterocycles. The van der Waals surface area contributed by atoms with Crippen LogP contribution in [0.2, 0.25) is 0 Å². The van der Waals surface area contributed by atoms with Crippen molar-refractivity contribution in [3.63, 3.8) is 0 Å². The van der Waals surface area contributed by atoms with E-state index in [2.05, 4.69) is 5.32 Å². The number of amides is 2. The highest BCUT2D eigenvalue weighted by Crippen LogP contribution is 2.43. The number of anilines is 2. The third kappa shape index (κ3) is 3.61. The van der Waals surface area contributed by atoms with E-state index >= 15 is 0 Å². The zero-order valence-electron chi connectivity index (χ0n) is 15.9. The Bertz CT molecular complexity index is 856. The van der Waals surface area contributed by atoms with Crippen LogP contribution in [0.4, 0.5) is 11.4 Å². The van der Waals surface area contributed by atoms with Crippen LogP contribution in [0.15, 0.2) is 48.5 Å². The molecule has 0 radical (unpaired) electrons. The van der Waals surface area contributed by atoms with Gasteiger partial charge in [-0.15, -0.1) is 0 Å². The van der Waals surface area contributed by atoms with Gasteiger partial charge in [-0.3, -0.25) is 9.59 Å². The first kappa shape index (κ1) is 17.8. The quantitative estimate of drug-likeness (QED) is 0.859. The van der Waals surface area contributed by atoms with Crippen molar-refractivity contribution in [1.29, 1.82) is 0 Å². The fourth-order valence-electron chi connectivity index (χ4n) is 3.97. The second-order valence-electron chi connectivity index (χ2n) is 7.95. The summed E-state index contributed by atoms with van der Waals surface area (Å²) in [4.78, 5) is 27.2. The SMILES string of the molecule is CC(C)C(=O)N1CCc2cc(NC(=O)C(c3ccccc3)C3CC3)ccc21. The van der Waals surface area contributed by atoms with E-state index < -0.39 is 0 Å². The summed E-state index contributed by atoms with van der Waals surface area (Å²) in [6.45, 7) is 4.57. The maximum Gasteiger partial charge on any atom is 0.232 e. The van der Waals surface area contributed by atoms with Crippen LogP contribution in [0.3, 0.4) is 0 Å². The van der Waals surface area contributed by atoms with Crippen molar-refractivity contribution in [1.82, 2.24) is 0 Å². The Morgan fingerprint density at radius 2 is 1.81 bits per heavy atom. The van der Waals surface area contributed by atoms with Gasteiger partial charge in [-0.2, -0.15) is 0 Å². The zero-order chi connectivity index (χ0) is 19.0. The summed E-state index contributed by atoms with van der Waals surface area (Å²) < 4.78 is 0. The van der Waals surface area contributed by atoms with Crippen molar-refractivity contribution in [3.8, 4) is 0 Å². The lowest BCUT2D eigenvalue weighted by atomic mass is 9.93. The van der Waals surface area contributed by atoms with E-state index in [0.29, 0.717) is 5.92 Å². The molecule has 2 amide bonds. The van der Waals surface area contributed by atoms with Gasteiger partial charge in [0.25, 0.3) is 0 Å². The summed E-state index contributed by atoms with van der Waals surface area (Å²) in [6, 6.07) is 16.0. The molecular formula is C23H26N2O2. The molecule has 0 aromatic heterocycles. The van der Waals surface area contributed by atoms with Crippen LogP contribution < -0.4 is 10.2 Å². The highest BCUT2D eigenvalue weighted by molar-refractivity contribution is 5.99. The van der Waals surface area contributed by atoms with Gasteiger partial charge in [-0.1, -0.05) is 44.2 Å². The van der Waals surface area contributed by atoms with Gasteiger partial charge in [0.05, 0.1) is 5.92 Å². The third-order valence-electron chi connectivity index (χ3n) is 5.54. The molecule has 0 bridgehead atoms. The van der Waals surface area contributed by atoms with Crippen LogP contribution in [0.25, 0.3) is 0 Å². The van der Waals surface area contributed by atoms with E-state index in [9.17, 15) is 9.59 Å². The number of rotatable bonds is 5. The number of nitrogens with one attached hydrogen (secondary N) is 1. The standard InChI is InChI=1S/C23H26N2O2/c1-15(2)23(27)25-13-12-18-14-19(10-11-20(18)25)24-22(26)21(17-8-9-17)16-6-4-3-5-7-16/h3-7,10-11,14-15,17,21H,8-9,12-13H2,1-2H3,(H,24,26). The van der Waals surface area contributed by atoms with Gasteiger partial charge in [0.1, 0.15) is 0 Å². The second-order valence-corrected chi connectivity index (χ2v) is 7.95. The maximum absolute atomic E-state index is 13.0. The molecule has 4 heteroatoms. The van der Waals surface area contributed by atoms with Crippen LogP contribution in [0, 0.1) is 11.8 Å². The highest BCUT2D eigenvalue weighted by Gasteiger charge is 2.37. The van der Waals surface area contributed by atoms with Crippen molar-refractivity contribution in [2.24, 2.45) is 11.8 Å². The first-order chi connectivity index (χ1) is 13.0. The molecule has 4 nitrogen and oxygen atoms in total. The van der Waals surface area contributed by atoms with Crippen molar-refractivity contribution in [2.45, 2.75) is 39.0 Å². The zero-order valence-corrected chi connectivity index (χ0v) is 15.9. The molecule has 0 saturated heterocycles. The maximum atomic E-state index is 13.0. The van der Waals surface area contributed by atoms with E-state index in [0.717, 1.165) is 48.3 Å². The van der Waals surface area contributed by atoms with Gasteiger partial charge in [0.15, 0.2) is 0 Å². The summed E-state index contributed by atoms with van der Waals surface area (Å²) >= 11 is 0. The lowest BCUT2D eigenvalue weighted by Gasteiger charge is -2.20. The third-order valence-corrected chi connectivity index (χ3v) is 5.54. The largest absolute Gasteiger partial charge is 0.326 e. The van der Waals surface area contributed by atoms with Gasteiger partial charge < -0.3 is 10.2 Å². The Morgan fingerprint density at radius 1 is 1.07 bits per heavy atom. The molecule has 2 aromatic rings. The van der Waals surface area contributed by atoms with Gasteiger partial charge in [0, 0.05) is 23.8 Å². The lowest BCUT2D eigenvalue weighted by molar-refractivity contribution is -0.121. The molecule has 2 aliphatic rings. The minimum absolute atomic E-state index is 0.0134. The monoisotopic (exact) mass is 362 g/mol. The summed E-state index contributed by atoms with van der Waals surface area (Å²) in [5.74, 6) is 0.570. The van der Waals surface area contributed by atoms with Crippen molar-refractivity contribution in [3.05, 3.63) is 59.7 Å². The highest BCUT2D eigenvalue weighted by atomic mass is 16.2. The fourth-order valence-corrected chi connectivity index (χ4v) is 3.97. The van der Waals surface area contributed by atoms with Gasteiger partial charge in [0.2, 0.25) is 11.8 Å². The topological polar surface area (TPSA) is 49.4 Å². The number of nitrogens with zero attached hydrogens (tertiary/aromatic N) is 1. The summed E-state index contributed by atoms with van der Waals surface area (Å²) in [7, 11) is 0. The first-order valence-electron chi connectivity index (χ1n) is 9.84. The smallest absolute Gasteiger partial charge is 0.232 e. The Morgan fingerprint density at radius 3 is 2.48 bits per heavy atom. The van der Waals surface area contributed by atoms with E-state index in [1.54, 1.807) is 0 Å². The molecule has 1 unspecified atom stereocenters. The van der Waals surface area contributed by atoms with Crippen LogP contribution in [0.1, 0.15) is 43.7 Å². The van der Waals surface area contributed by atoms with Gasteiger partial charge >= 0.3 is 0 Å². The Hall–Kier alpha value is -2.62. The average Bonchev–Trinajstić information content (AvgIpc) is 3.40. The molecule has 1 atom stereocenters. The number of benzene rings is 2. The van der Waals surface area contributed by atoms with Crippen molar-refractivity contribution < 1.29 is 9.59 Å². The predicted molar refractivity (Wildman–Crippen MR) is 108 cm³/mol. The minimum atomic E-state index is -0.0847. The van der Waals surface area contributed by atoms with E-state index in [4.69, 9.17) is 0 Å². The molecule has 27 heavy (non-hydrogen) atoms. The lowest BCUT2D eigenvalue weighted by Crippen LogP contribution is -2.32. The molecule has 2 aromatic carbocycles. The first-order valence-corrected chi connectivity index (χ1v) is 9.84. The van der Waals surface area contributed by atoms with Gasteiger partial charge in [-0.05, 0) is 54.5 Å². The summed E-state index contributed by atoms with van der Waals surface area (Å²) in [5, 5.41) is 3.12. The number of fused-ring (bicyclic) bond motifs is 1. The van der Waals surface area contributed by atoms with E-state index in [1.807, 2.05) is 67.3 Å². The van der Waals surface area contributed by atoms with Crippen molar-refractivity contribution >= 4 is 23.2 Å². The van der Waals surface area contributed by atoms with Crippen molar-refractivity contribution in [2.75, 3.05) is 16.8 Å². The van der Waals surface area contributed by atoms with Crippen LogP contribution in [-0.4, -0.2) is 18.4 Å². The molecule has 1 aliphatic carbocycles. The molecule has 1 saturated carbocycles.